The maximum absolute atomic E-state index is 5.08. The summed E-state index contributed by atoms with van der Waals surface area (Å²) < 4.78 is 2.16. The fraction of sp³-hybridized carbons (Fsp3) is 0.200. The average Bonchev–Trinajstić information content (AvgIpc) is 2.70. The van der Waals surface area contributed by atoms with Gasteiger partial charge in [-0.1, -0.05) is 24.3 Å². The van der Waals surface area contributed by atoms with Crippen molar-refractivity contribution < 1.29 is 0 Å². The quantitative estimate of drug-likeness (QED) is 0.393. The van der Waals surface area contributed by atoms with Gasteiger partial charge in [0, 0.05) is 35.8 Å². The number of fused-ring (bicyclic) bond motifs is 1. The standard InChI is InChI=1S/C15H18N4S/c1-4-9-16-15(20)18-17-10-13-11(2)19(3)14-8-6-5-7-12(13)14/h4-8,10H,1,9H2,2-3H3,(H2,16,18,20)/b17-10+. The molecule has 0 aliphatic rings. The minimum atomic E-state index is 0.485. The number of rotatable bonds is 4. The summed E-state index contributed by atoms with van der Waals surface area (Å²) in [5, 5.41) is 8.82. The third-order valence-corrected chi connectivity index (χ3v) is 3.45. The monoisotopic (exact) mass is 286 g/mol. The van der Waals surface area contributed by atoms with Gasteiger partial charge in [0.05, 0.1) is 6.21 Å². The molecule has 104 valence electrons. The number of nitrogens with zero attached hydrogens (tertiary/aromatic N) is 2. The molecule has 0 bridgehead atoms. The highest BCUT2D eigenvalue weighted by atomic mass is 32.1. The molecule has 0 fully saturated rings. The van der Waals surface area contributed by atoms with Crippen LogP contribution in [0.15, 0.2) is 42.0 Å². The van der Waals surface area contributed by atoms with Gasteiger partial charge in [0.25, 0.3) is 0 Å². The second kappa shape index (κ2) is 6.34. The molecule has 0 saturated heterocycles. The molecule has 0 spiro atoms. The largest absolute Gasteiger partial charge is 0.358 e. The number of hydrogen-bond donors (Lipinski definition) is 2. The molecule has 0 amide bonds. The van der Waals surface area contributed by atoms with E-state index in [1.54, 1.807) is 12.3 Å². The van der Waals surface area contributed by atoms with Crippen LogP contribution >= 0.6 is 12.2 Å². The highest BCUT2D eigenvalue weighted by Gasteiger charge is 2.08. The summed E-state index contributed by atoms with van der Waals surface area (Å²) >= 11 is 5.08. The lowest BCUT2D eigenvalue weighted by atomic mass is 10.1. The van der Waals surface area contributed by atoms with E-state index < -0.39 is 0 Å². The molecule has 0 unspecified atom stereocenters. The van der Waals surface area contributed by atoms with Crippen LogP contribution in [0, 0.1) is 6.92 Å². The Bertz CT molecular complexity index is 670. The van der Waals surface area contributed by atoms with Crippen molar-refractivity contribution in [3.63, 3.8) is 0 Å². The van der Waals surface area contributed by atoms with Crippen LogP contribution in [0.3, 0.4) is 0 Å². The van der Waals surface area contributed by atoms with Gasteiger partial charge in [-0.15, -0.1) is 6.58 Å². The predicted octanol–water partition coefficient (Wildman–Crippen LogP) is 2.47. The van der Waals surface area contributed by atoms with Gasteiger partial charge >= 0.3 is 0 Å². The van der Waals surface area contributed by atoms with Crippen molar-refractivity contribution >= 4 is 34.4 Å². The number of aromatic nitrogens is 1. The maximum Gasteiger partial charge on any atom is 0.187 e. The highest BCUT2D eigenvalue weighted by molar-refractivity contribution is 7.80. The lowest BCUT2D eigenvalue weighted by Crippen LogP contribution is -2.31. The second-order valence-electron chi connectivity index (χ2n) is 4.44. The average molecular weight is 286 g/mol. The Morgan fingerprint density at radius 1 is 1.45 bits per heavy atom. The normalized spacial score (nSPS) is 10.9. The number of aryl methyl sites for hydroxylation is 1. The Balaban J connectivity index is 2.19. The Hall–Kier alpha value is -2.14. The summed E-state index contributed by atoms with van der Waals surface area (Å²) in [5.74, 6) is 0. The van der Waals surface area contributed by atoms with E-state index >= 15 is 0 Å². The van der Waals surface area contributed by atoms with E-state index in [9.17, 15) is 0 Å². The lowest BCUT2D eigenvalue weighted by molar-refractivity contribution is 0.914. The van der Waals surface area contributed by atoms with Crippen LogP contribution < -0.4 is 10.7 Å². The molecule has 20 heavy (non-hydrogen) atoms. The molecule has 0 aliphatic carbocycles. The Morgan fingerprint density at radius 3 is 2.95 bits per heavy atom. The lowest BCUT2D eigenvalue weighted by Gasteiger charge is -2.03. The zero-order valence-corrected chi connectivity index (χ0v) is 12.5. The summed E-state index contributed by atoms with van der Waals surface area (Å²) in [4.78, 5) is 0. The van der Waals surface area contributed by atoms with Gasteiger partial charge in [-0.3, -0.25) is 5.43 Å². The minimum absolute atomic E-state index is 0.485. The van der Waals surface area contributed by atoms with E-state index in [4.69, 9.17) is 12.2 Å². The van der Waals surface area contributed by atoms with Gasteiger partial charge in [-0.2, -0.15) is 5.10 Å². The van der Waals surface area contributed by atoms with Crippen LogP contribution in [-0.2, 0) is 7.05 Å². The summed E-state index contributed by atoms with van der Waals surface area (Å²) in [6.07, 6.45) is 3.55. The molecular formula is C15H18N4S. The SMILES string of the molecule is C=CCNC(=S)N/N=C/c1c(C)n(C)c2ccccc12. The Labute approximate surface area is 124 Å². The fourth-order valence-corrected chi connectivity index (χ4v) is 2.21. The number of benzene rings is 1. The van der Waals surface area contributed by atoms with Gasteiger partial charge in [-0.05, 0) is 25.2 Å². The first-order valence-corrected chi connectivity index (χ1v) is 6.77. The predicted molar refractivity (Wildman–Crippen MR) is 89.2 cm³/mol. The molecule has 1 aromatic heterocycles. The van der Waals surface area contributed by atoms with Gasteiger partial charge < -0.3 is 9.88 Å². The van der Waals surface area contributed by atoms with Crippen LogP contribution in [0.5, 0.6) is 0 Å². The molecule has 5 heteroatoms. The molecule has 1 aromatic carbocycles. The summed E-state index contributed by atoms with van der Waals surface area (Å²) in [5.41, 5.74) is 6.26. The molecule has 0 aliphatic heterocycles. The molecule has 2 rings (SSSR count). The number of para-hydroxylation sites is 1. The van der Waals surface area contributed by atoms with Crippen LogP contribution in [0.4, 0.5) is 0 Å². The van der Waals surface area contributed by atoms with Crippen molar-refractivity contribution in [2.75, 3.05) is 6.54 Å². The van der Waals surface area contributed by atoms with E-state index in [0.717, 1.165) is 5.56 Å². The fourth-order valence-electron chi connectivity index (χ4n) is 2.07. The zero-order chi connectivity index (χ0) is 14.5. The van der Waals surface area contributed by atoms with Crippen molar-refractivity contribution in [1.29, 1.82) is 0 Å². The van der Waals surface area contributed by atoms with Gasteiger partial charge in [0.2, 0.25) is 0 Å². The molecule has 2 aromatic rings. The summed E-state index contributed by atoms with van der Waals surface area (Å²) in [6.45, 7) is 6.32. The van der Waals surface area contributed by atoms with E-state index in [1.807, 2.05) is 12.1 Å². The van der Waals surface area contributed by atoms with Crippen LogP contribution in [0.1, 0.15) is 11.3 Å². The molecule has 0 saturated carbocycles. The number of thiocarbonyl (C=S) groups is 1. The van der Waals surface area contributed by atoms with Gasteiger partial charge in [0.15, 0.2) is 5.11 Å². The van der Waals surface area contributed by atoms with Crippen molar-refractivity contribution in [3.8, 4) is 0 Å². The van der Waals surface area contributed by atoms with Crippen molar-refractivity contribution in [1.82, 2.24) is 15.3 Å². The first-order chi connectivity index (χ1) is 9.65. The summed E-state index contributed by atoms with van der Waals surface area (Å²) in [6, 6.07) is 8.26. The van der Waals surface area contributed by atoms with Crippen molar-refractivity contribution in [2.24, 2.45) is 12.1 Å². The highest BCUT2D eigenvalue weighted by Crippen LogP contribution is 2.22. The molecule has 2 N–H and O–H groups in total. The van der Waals surface area contributed by atoms with E-state index in [0.29, 0.717) is 11.7 Å². The topological polar surface area (TPSA) is 41.4 Å². The molecular weight excluding hydrogens is 268 g/mol. The smallest absolute Gasteiger partial charge is 0.187 e. The second-order valence-corrected chi connectivity index (χ2v) is 4.85. The Kier molecular flexibility index (Phi) is 4.53. The van der Waals surface area contributed by atoms with Crippen LogP contribution in [0.2, 0.25) is 0 Å². The number of hydrazone groups is 1. The maximum atomic E-state index is 5.08. The first kappa shape index (κ1) is 14.3. The molecule has 4 nitrogen and oxygen atoms in total. The molecule has 0 radical (unpaired) electrons. The number of nitrogens with one attached hydrogen (secondary N) is 2. The van der Waals surface area contributed by atoms with Crippen LogP contribution in [-0.4, -0.2) is 22.4 Å². The van der Waals surface area contributed by atoms with E-state index in [2.05, 4.69) is 53.1 Å². The van der Waals surface area contributed by atoms with Gasteiger partial charge in [0.1, 0.15) is 0 Å². The minimum Gasteiger partial charge on any atom is -0.358 e. The molecule has 0 atom stereocenters. The van der Waals surface area contributed by atoms with Gasteiger partial charge in [-0.25, -0.2) is 0 Å². The third-order valence-electron chi connectivity index (χ3n) is 3.22. The van der Waals surface area contributed by atoms with E-state index in [1.165, 1.54) is 16.6 Å². The summed E-state index contributed by atoms with van der Waals surface area (Å²) in [7, 11) is 2.05. The first-order valence-electron chi connectivity index (χ1n) is 6.37. The molecule has 1 heterocycles. The third kappa shape index (κ3) is 2.88. The number of hydrogen-bond acceptors (Lipinski definition) is 2. The van der Waals surface area contributed by atoms with Crippen molar-refractivity contribution in [3.05, 3.63) is 48.2 Å². The van der Waals surface area contributed by atoms with Crippen molar-refractivity contribution in [2.45, 2.75) is 6.92 Å². The Morgan fingerprint density at radius 2 is 2.20 bits per heavy atom. The zero-order valence-electron chi connectivity index (χ0n) is 11.7. The van der Waals surface area contributed by atoms with E-state index in [-0.39, 0.29) is 0 Å². The van der Waals surface area contributed by atoms with Crippen LogP contribution in [0.25, 0.3) is 10.9 Å².